The van der Waals surface area contributed by atoms with Crippen molar-refractivity contribution < 1.29 is 14.0 Å². The highest BCUT2D eigenvalue weighted by atomic mass is 32.1. The van der Waals surface area contributed by atoms with E-state index in [2.05, 4.69) is 10.2 Å². The van der Waals surface area contributed by atoms with Crippen LogP contribution in [-0.4, -0.2) is 36.2 Å². The fourth-order valence-corrected chi connectivity index (χ4v) is 4.50. The Morgan fingerprint density at radius 1 is 1.00 bits per heavy atom. The van der Waals surface area contributed by atoms with E-state index in [0.29, 0.717) is 22.5 Å². The first kappa shape index (κ1) is 19.6. The van der Waals surface area contributed by atoms with Crippen molar-refractivity contribution in [2.45, 2.75) is 25.3 Å². The molecule has 3 heterocycles. The van der Waals surface area contributed by atoms with Crippen molar-refractivity contribution in [3.8, 4) is 0 Å². The smallest absolute Gasteiger partial charge is 0.252 e. The topological polar surface area (TPSA) is 62.6 Å². The second-order valence-electron chi connectivity index (χ2n) is 7.19. The zero-order chi connectivity index (χ0) is 20.1. The number of nitrogens with zero attached hydrogens (tertiary/aromatic N) is 1. The number of carbonyl (C=O) groups excluding carboxylic acids is 2. The minimum absolute atomic E-state index is 0.00518. The van der Waals surface area contributed by atoms with Crippen LogP contribution in [0, 0.1) is 0 Å². The summed E-state index contributed by atoms with van der Waals surface area (Å²) in [5, 5.41) is 4.90. The summed E-state index contributed by atoms with van der Waals surface area (Å²) in [7, 11) is 0. The van der Waals surface area contributed by atoms with Gasteiger partial charge in [0.15, 0.2) is 0 Å². The molecule has 1 aromatic carbocycles. The molecule has 0 bridgehead atoms. The number of thiophene rings is 1. The molecule has 5 nitrogen and oxygen atoms in total. The quantitative estimate of drug-likeness (QED) is 0.584. The van der Waals surface area contributed by atoms with Gasteiger partial charge in [0, 0.05) is 12.1 Å². The van der Waals surface area contributed by atoms with Crippen molar-refractivity contribution in [2.24, 2.45) is 0 Å². The Kier molecular flexibility index (Phi) is 6.22. The molecular weight excluding hydrogens is 384 g/mol. The number of ketones is 1. The van der Waals surface area contributed by atoms with Gasteiger partial charge in [-0.25, -0.2) is 0 Å². The third-order valence-corrected chi connectivity index (χ3v) is 6.19. The number of hydrogen-bond acceptors (Lipinski definition) is 5. The third-order valence-electron chi connectivity index (χ3n) is 5.32. The van der Waals surface area contributed by atoms with E-state index in [-0.39, 0.29) is 17.7 Å². The number of nitrogens with one attached hydrogen (secondary N) is 1. The average molecular weight is 409 g/mol. The fourth-order valence-electron chi connectivity index (χ4n) is 3.82. The largest absolute Gasteiger partial charge is 0.468 e. The number of hydrogen-bond donors (Lipinski definition) is 1. The molecule has 4 rings (SSSR count). The second kappa shape index (κ2) is 9.20. The van der Waals surface area contributed by atoms with Crippen LogP contribution < -0.4 is 5.32 Å². The number of furan rings is 1. The number of likely N-dealkylation sites (tertiary alicyclic amines) is 1. The van der Waals surface area contributed by atoms with Gasteiger partial charge in [-0.15, -0.1) is 11.3 Å². The van der Waals surface area contributed by atoms with Crippen LogP contribution in [0.4, 0.5) is 0 Å². The third kappa shape index (κ3) is 4.49. The van der Waals surface area contributed by atoms with Gasteiger partial charge in [0.1, 0.15) is 5.76 Å². The molecule has 1 fully saturated rings. The molecule has 6 heteroatoms. The zero-order valence-electron chi connectivity index (χ0n) is 16.2. The van der Waals surface area contributed by atoms with Gasteiger partial charge in [-0.3, -0.25) is 14.5 Å². The van der Waals surface area contributed by atoms with Crippen molar-refractivity contribution in [3.05, 3.63) is 81.9 Å². The van der Waals surface area contributed by atoms with Gasteiger partial charge in [-0.1, -0.05) is 30.7 Å². The number of rotatable bonds is 7. The van der Waals surface area contributed by atoms with Crippen molar-refractivity contribution >= 4 is 23.0 Å². The number of amides is 1. The predicted molar refractivity (Wildman–Crippen MR) is 113 cm³/mol. The van der Waals surface area contributed by atoms with E-state index >= 15 is 0 Å². The van der Waals surface area contributed by atoms with Crippen LogP contribution in [0.25, 0.3) is 0 Å². The first-order valence-corrected chi connectivity index (χ1v) is 10.8. The SMILES string of the molecule is O=C(NCC(c1ccco1)N1CCCCC1)c1ccccc1C(=O)c1cccs1. The second-order valence-corrected chi connectivity index (χ2v) is 8.14. The Hall–Kier alpha value is -2.70. The fraction of sp³-hybridized carbons (Fsp3) is 0.304. The Bertz CT molecular complexity index is 944. The van der Waals surface area contributed by atoms with Gasteiger partial charge < -0.3 is 9.73 Å². The van der Waals surface area contributed by atoms with E-state index in [0.717, 1.165) is 31.7 Å². The lowest BCUT2D eigenvalue weighted by Crippen LogP contribution is -2.40. The van der Waals surface area contributed by atoms with E-state index in [1.807, 2.05) is 23.6 Å². The summed E-state index contributed by atoms with van der Waals surface area (Å²) in [4.78, 5) is 28.8. The summed E-state index contributed by atoms with van der Waals surface area (Å²) in [6.07, 6.45) is 5.22. The number of piperidine rings is 1. The average Bonchev–Trinajstić information content (AvgIpc) is 3.49. The number of carbonyl (C=O) groups is 2. The molecule has 150 valence electrons. The van der Waals surface area contributed by atoms with Crippen LogP contribution in [0.2, 0.25) is 0 Å². The highest BCUT2D eigenvalue weighted by molar-refractivity contribution is 7.12. The van der Waals surface area contributed by atoms with Crippen LogP contribution >= 0.6 is 11.3 Å². The van der Waals surface area contributed by atoms with Gasteiger partial charge in [0.05, 0.1) is 22.7 Å². The lowest BCUT2D eigenvalue weighted by atomic mass is 10.0. The van der Waals surface area contributed by atoms with Crippen molar-refractivity contribution in [2.75, 3.05) is 19.6 Å². The molecule has 2 aromatic heterocycles. The van der Waals surface area contributed by atoms with E-state index in [1.54, 1.807) is 36.6 Å². The molecule has 1 aliphatic heterocycles. The predicted octanol–water partition coefficient (Wildman–Crippen LogP) is 4.53. The molecule has 0 aliphatic carbocycles. The lowest BCUT2D eigenvalue weighted by molar-refractivity contribution is 0.0906. The molecule has 29 heavy (non-hydrogen) atoms. The van der Waals surface area contributed by atoms with Crippen molar-refractivity contribution in [3.63, 3.8) is 0 Å². The Morgan fingerprint density at radius 2 is 1.79 bits per heavy atom. The van der Waals surface area contributed by atoms with E-state index in [4.69, 9.17) is 4.42 Å². The van der Waals surface area contributed by atoms with Gasteiger partial charge >= 0.3 is 0 Å². The molecular formula is C23H24N2O3S. The molecule has 3 aromatic rings. The normalized spacial score (nSPS) is 15.7. The minimum atomic E-state index is -0.237. The molecule has 0 spiro atoms. The molecule has 1 aliphatic rings. The van der Waals surface area contributed by atoms with Crippen LogP contribution in [0.5, 0.6) is 0 Å². The van der Waals surface area contributed by atoms with Gasteiger partial charge in [-0.2, -0.15) is 0 Å². The van der Waals surface area contributed by atoms with Gasteiger partial charge in [0.25, 0.3) is 5.91 Å². The van der Waals surface area contributed by atoms with Crippen LogP contribution in [0.15, 0.2) is 64.6 Å². The molecule has 0 radical (unpaired) electrons. The van der Waals surface area contributed by atoms with Crippen LogP contribution in [0.3, 0.4) is 0 Å². The van der Waals surface area contributed by atoms with Crippen molar-refractivity contribution in [1.29, 1.82) is 0 Å². The van der Waals surface area contributed by atoms with E-state index in [1.165, 1.54) is 17.8 Å². The zero-order valence-corrected chi connectivity index (χ0v) is 17.0. The van der Waals surface area contributed by atoms with Gasteiger partial charge in [-0.05, 0) is 55.6 Å². The van der Waals surface area contributed by atoms with E-state index < -0.39 is 0 Å². The standard InChI is InChI=1S/C23H24N2O3S/c26-22(21-11-7-15-29-21)17-8-2-3-9-18(17)23(27)24-16-19(20-10-6-14-28-20)25-12-4-1-5-13-25/h2-3,6-11,14-15,19H,1,4-5,12-13,16H2,(H,24,27). The highest BCUT2D eigenvalue weighted by Gasteiger charge is 2.26. The Labute approximate surface area is 174 Å². The van der Waals surface area contributed by atoms with Gasteiger partial charge in [0.2, 0.25) is 5.78 Å². The van der Waals surface area contributed by atoms with Crippen LogP contribution in [-0.2, 0) is 0 Å². The number of benzene rings is 1. The minimum Gasteiger partial charge on any atom is -0.468 e. The summed E-state index contributed by atoms with van der Waals surface area (Å²) in [6.45, 7) is 2.43. The summed E-state index contributed by atoms with van der Waals surface area (Å²) in [5.74, 6) is 0.499. The molecule has 1 saturated heterocycles. The Balaban J connectivity index is 1.51. The van der Waals surface area contributed by atoms with Crippen molar-refractivity contribution in [1.82, 2.24) is 10.2 Å². The Morgan fingerprint density at radius 3 is 2.48 bits per heavy atom. The molecule has 1 amide bonds. The molecule has 1 N–H and O–H groups in total. The maximum absolute atomic E-state index is 13.0. The summed E-state index contributed by atoms with van der Waals surface area (Å²) < 4.78 is 5.65. The maximum atomic E-state index is 13.0. The summed E-state index contributed by atoms with van der Waals surface area (Å²) in [6, 6.07) is 14.5. The monoisotopic (exact) mass is 408 g/mol. The van der Waals surface area contributed by atoms with E-state index in [9.17, 15) is 9.59 Å². The highest BCUT2D eigenvalue weighted by Crippen LogP contribution is 2.25. The molecule has 1 unspecified atom stereocenters. The first-order chi connectivity index (χ1) is 14.2. The summed E-state index contributed by atoms with van der Waals surface area (Å²) >= 11 is 1.38. The first-order valence-electron chi connectivity index (χ1n) is 9.97. The summed E-state index contributed by atoms with van der Waals surface area (Å²) in [5.41, 5.74) is 0.836. The lowest BCUT2D eigenvalue weighted by Gasteiger charge is -2.33. The molecule has 1 atom stereocenters. The van der Waals surface area contributed by atoms with Crippen LogP contribution in [0.1, 0.15) is 56.7 Å². The maximum Gasteiger partial charge on any atom is 0.252 e. The molecule has 0 saturated carbocycles.